The van der Waals surface area contributed by atoms with Crippen molar-refractivity contribution >= 4 is 17.3 Å². The summed E-state index contributed by atoms with van der Waals surface area (Å²) in [5.41, 5.74) is 0.0312. The maximum atomic E-state index is 12.8. The van der Waals surface area contributed by atoms with Crippen LogP contribution in [0.25, 0.3) is 0 Å². The first-order chi connectivity index (χ1) is 18.5. The van der Waals surface area contributed by atoms with Crippen molar-refractivity contribution in [2.75, 3.05) is 10.6 Å². The van der Waals surface area contributed by atoms with Gasteiger partial charge in [-0.05, 0) is 41.5 Å². The molecule has 39 heavy (non-hydrogen) atoms. The summed E-state index contributed by atoms with van der Waals surface area (Å²) in [6, 6.07) is 26.0. The van der Waals surface area contributed by atoms with Crippen molar-refractivity contribution in [1.29, 1.82) is 0 Å². The highest BCUT2D eigenvalue weighted by Gasteiger charge is 2.33. The second-order valence-corrected chi connectivity index (χ2v) is 8.24. The second-order valence-electron chi connectivity index (χ2n) is 8.24. The van der Waals surface area contributed by atoms with E-state index in [1.165, 1.54) is 36.4 Å². The van der Waals surface area contributed by atoms with Crippen LogP contribution in [0.3, 0.4) is 0 Å². The third-order valence-corrected chi connectivity index (χ3v) is 5.51. The van der Waals surface area contributed by atoms with E-state index < -0.39 is 29.4 Å². The zero-order valence-electron chi connectivity index (χ0n) is 20.4. The van der Waals surface area contributed by atoms with E-state index in [2.05, 4.69) is 10.6 Å². The predicted octanol–water partition coefficient (Wildman–Crippen LogP) is 8.33. The third kappa shape index (κ3) is 8.53. The highest BCUT2D eigenvalue weighted by molar-refractivity contribution is 5.89. The molecule has 0 aromatic heterocycles. The topological polar surface area (TPSA) is 61.4 Å². The first kappa shape index (κ1) is 29.1. The molecule has 0 radical (unpaired) electrons. The number of rotatable bonds is 7. The molecule has 0 unspecified atom stereocenters. The quantitative estimate of drug-likeness (QED) is 0.204. The summed E-state index contributed by atoms with van der Waals surface area (Å²) in [6.07, 6.45) is -8.80. The van der Waals surface area contributed by atoms with Crippen molar-refractivity contribution < 1.29 is 36.2 Å². The van der Waals surface area contributed by atoms with Gasteiger partial charge in [-0.25, -0.2) is 4.79 Å². The van der Waals surface area contributed by atoms with E-state index in [4.69, 9.17) is 5.11 Å². The van der Waals surface area contributed by atoms with Crippen LogP contribution in [0.4, 0.5) is 37.7 Å². The number of para-hydroxylation sites is 2. The molecule has 0 saturated carbocycles. The molecule has 0 atom stereocenters. The van der Waals surface area contributed by atoms with Crippen molar-refractivity contribution in [2.24, 2.45) is 0 Å². The molecule has 4 aromatic rings. The fraction of sp³-hybridized carbons (Fsp3) is 0.138. The number of nitrogens with one attached hydrogen (secondary N) is 2. The Bertz CT molecular complexity index is 1370. The van der Waals surface area contributed by atoms with E-state index in [0.29, 0.717) is 12.1 Å². The maximum absolute atomic E-state index is 12.8. The SMILES string of the molecule is FC(F)(F)c1ccccc1NCc1ccccc1.O=C(O)c1ccccc1CNc1ccccc1C(F)(F)F. The van der Waals surface area contributed by atoms with Crippen molar-refractivity contribution in [2.45, 2.75) is 25.4 Å². The van der Waals surface area contributed by atoms with E-state index in [1.807, 2.05) is 30.3 Å². The Morgan fingerprint density at radius 3 is 1.54 bits per heavy atom. The van der Waals surface area contributed by atoms with Crippen molar-refractivity contribution in [3.63, 3.8) is 0 Å². The number of hydrogen-bond donors (Lipinski definition) is 3. The Labute approximate surface area is 220 Å². The molecule has 0 amide bonds. The molecule has 204 valence electrons. The van der Waals surface area contributed by atoms with E-state index in [0.717, 1.165) is 17.7 Å². The maximum Gasteiger partial charge on any atom is 0.418 e. The van der Waals surface area contributed by atoms with Crippen LogP contribution in [0.15, 0.2) is 103 Å². The molecule has 4 aromatic carbocycles. The summed E-state index contributed by atoms with van der Waals surface area (Å²) in [5.74, 6) is -1.11. The molecule has 4 nitrogen and oxygen atoms in total. The molecule has 0 spiro atoms. The van der Waals surface area contributed by atoms with Gasteiger partial charge in [-0.1, -0.05) is 72.8 Å². The number of carboxylic acid groups (broad SMARTS) is 1. The summed E-state index contributed by atoms with van der Waals surface area (Å²) >= 11 is 0. The second kappa shape index (κ2) is 12.9. The minimum atomic E-state index is -4.46. The fourth-order valence-corrected chi connectivity index (χ4v) is 3.64. The molecule has 0 bridgehead atoms. The van der Waals surface area contributed by atoms with Gasteiger partial charge in [-0.3, -0.25) is 0 Å². The summed E-state index contributed by atoms with van der Waals surface area (Å²) in [5, 5.41) is 14.5. The lowest BCUT2D eigenvalue weighted by Gasteiger charge is -2.15. The van der Waals surface area contributed by atoms with Crippen LogP contribution in [0, 0.1) is 0 Å². The van der Waals surface area contributed by atoms with Crippen LogP contribution < -0.4 is 10.6 Å². The smallest absolute Gasteiger partial charge is 0.418 e. The van der Waals surface area contributed by atoms with E-state index in [1.54, 1.807) is 24.3 Å². The van der Waals surface area contributed by atoms with Gasteiger partial charge in [0, 0.05) is 24.5 Å². The van der Waals surface area contributed by atoms with Gasteiger partial charge < -0.3 is 15.7 Å². The minimum absolute atomic E-state index is 0.00440. The Morgan fingerprint density at radius 1 is 0.590 bits per heavy atom. The molecule has 4 rings (SSSR count). The standard InChI is InChI=1S/C15H12F3NO2.C14H12F3N/c16-15(17,18)12-7-3-4-8-13(12)19-9-10-5-1-2-6-11(10)14(20)21;15-14(16,17)12-8-4-5-9-13(12)18-10-11-6-2-1-3-7-11/h1-8,19H,9H2,(H,20,21);1-9,18H,10H2. The van der Waals surface area contributed by atoms with Crippen LogP contribution in [-0.2, 0) is 25.4 Å². The van der Waals surface area contributed by atoms with Crippen molar-refractivity contribution in [3.8, 4) is 0 Å². The van der Waals surface area contributed by atoms with Gasteiger partial charge in [0.05, 0.1) is 16.7 Å². The van der Waals surface area contributed by atoms with Crippen LogP contribution in [-0.4, -0.2) is 11.1 Å². The van der Waals surface area contributed by atoms with Gasteiger partial charge in [-0.15, -0.1) is 0 Å². The highest BCUT2D eigenvalue weighted by atomic mass is 19.4. The lowest BCUT2D eigenvalue weighted by atomic mass is 10.1. The average Bonchev–Trinajstić information content (AvgIpc) is 2.91. The van der Waals surface area contributed by atoms with E-state index in [-0.39, 0.29) is 23.5 Å². The van der Waals surface area contributed by atoms with Crippen LogP contribution in [0.2, 0.25) is 0 Å². The molecular weight excluding hydrogens is 522 g/mol. The number of anilines is 2. The Kier molecular flexibility index (Phi) is 9.59. The largest absolute Gasteiger partial charge is 0.478 e. The average molecular weight is 547 g/mol. The number of carbonyl (C=O) groups is 1. The normalized spacial score (nSPS) is 11.2. The van der Waals surface area contributed by atoms with Crippen LogP contribution in [0.1, 0.15) is 32.6 Å². The zero-order chi connectivity index (χ0) is 28.5. The summed E-state index contributed by atoms with van der Waals surface area (Å²) in [6.45, 7) is 0.365. The zero-order valence-corrected chi connectivity index (χ0v) is 20.4. The molecule has 10 heteroatoms. The molecule has 0 aliphatic heterocycles. The van der Waals surface area contributed by atoms with Gasteiger partial charge in [0.15, 0.2) is 0 Å². The molecule has 0 fully saturated rings. The number of benzene rings is 4. The predicted molar refractivity (Wildman–Crippen MR) is 137 cm³/mol. The van der Waals surface area contributed by atoms with E-state index >= 15 is 0 Å². The van der Waals surface area contributed by atoms with Crippen LogP contribution in [0.5, 0.6) is 0 Å². The number of carboxylic acids is 1. The molecule has 3 N–H and O–H groups in total. The van der Waals surface area contributed by atoms with Gasteiger partial charge in [0.25, 0.3) is 0 Å². The van der Waals surface area contributed by atoms with Gasteiger partial charge >= 0.3 is 18.3 Å². The minimum Gasteiger partial charge on any atom is -0.478 e. The summed E-state index contributed by atoms with van der Waals surface area (Å²) in [4.78, 5) is 11.1. The monoisotopic (exact) mass is 546 g/mol. The highest BCUT2D eigenvalue weighted by Crippen LogP contribution is 2.35. The number of aromatic carboxylic acids is 1. The Morgan fingerprint density at radius 2 is 1.03 bits per heavy atom. The van der Waals surface area contributed by atoms with E-state index in [9.17, 15) is 31.1 Å². The Hall–Kier alpha value is -4.47. The van der Waals surface area contributed by atoms with Gasteiger partial charge in [0.2, 0.25) is 0 Å². The van der Waals surface area contributed by atoms with Crippen molar-refractivity contribution in [3.05, 3.63) is 131 Å². The lowest BCUT2D eigenvalue weighted by Crippen LogP contribution is -2.12. The molecule has 0 heterocycles. The third-order valence-electron chi connectivity index (χ3n) is 5.51. The lowest BCUT2D eigenvalue weighted by molar-refractivity contribution is -0.137. The first-order valence-corrected chi connectivity index (χ1v) is 11.6. The van der Waals surface area contributed by atoms with Crippen molar-refractivity contribution in [1.82, 2.24) is 0 Å². The number of halogens is 6. The van der Waals surface area contributed by atoms with Crippen LogP contribution >= 0.6 is 0 Å². The molecular formula is C29H24F6N2O2. The summed E-state index contributed by atoms with van der Waals surface area (Å²) in [7, 11) is 0. The number of hydrogen-bond acceptors (Lipinski definition) is 3. The summed E-state index contributed by atoms with van der Waals surface area (Å²) < 4.78 is 76.7. The van der Waals surface area contributed by atoms with Gasteiger partial charge in [0.1, 0.15) is 0 Å². The molecule has 0 saturated heterocycles. The molecule has 0 aliphatic rings. The number of alkyl halides is 6. The first-order valence-electron chi connectivity index (χ1n) is 11.6. The fourth-order valence-electron chi connectivity index (χ4n) is 3.64. The van der Waals surface area contributed by atoms with Gasteiger partial charge in [-0.2, -0.15) is 26.3 Å². The Balaban J connectivity index is 0.000000218. The molecule has 0 aliphatic carbocycles.